The third kappa shape index (κ3) is 3.67. The molecular formula is C14H24N4. The monoisotopic (exact) mass is 248 g/mol. The van der Waals surface area contributed by atoms with Gasteiger partial charge in [0.1, 0.15) is 5.82 Å². The molecule has 0 unspecified atom stereocenters. The van der Waals surface area contributed by atoms with Crippen LogP contribution >= 0.6 is 0 Å². The number of rotatable bonds is 3. The standard InChI is InChI=1S/C14H24N4/c1-14(2)5-4-7-18(8-6-14)11-12-9-17-13(15-3)10-16-12/h9-10H,4-8,11H2,1-3H3,(H,15,17). The van der Waals surface area contributed by atoms with Crippen LogP contribution in [0.5, 0.6) is 0 Å². The molecule has 18 heavy (non-hydrogen) atoms. The maximum Gasteiger partial charge on any atom is 0.144 e. The van der Waals surface area contributed by atoms with E-state index in [2.05, 4.69) is 34.0 Å². The second-order valence-electron chi connectivity index (χ2n) is 5.94. The molecule has 0 amide bonds. The molecule has 0 aliphatic carbocycles. The summed E-state index contributed by atoms with van der Waals surface area (Å²) in [6, 6.07) is 0. The van der Waals surface area contributed by atoms with Gasteiger partial charge in [-0.05, 0) is 37.8 Å². The average Bonchev–Trinajstić information content (AvgIpc) is 2.52. The number of anilines is 1. The van der Waals surface area contributed by atoms with Crippen molar-refractivity contribution >= 4 is 5.82 Å². The van der Waals surface area contributed by atoms with Gasteiger partial charge in [-0.2, -0.15) is 0 Å². The molecular weight excluding hydrogens is 224 g/mol. The summed E-state index contributed by atoms with van der Waals surface area (Å²) in [5.74, 6) is 0.829. The lowest BCUT2D eigenvalue weighted by molar-refractivity contribution is 0.253. The van der Waals surface area contributed by atoms with Crippen molar-refractivity contribution in [1.29, 1.82) is 0 Å². The van der Waals surface area contributed by atoms with Gasteiger partial charge in [0.25, 0.3) is 0 Å². The van der Waals surface area contributed by atoms with Gasteiger partial charge in [-0.25, -0.2) is 4.98 Å². The predicted octanol–water partition coefficient (Wildman–Crippen LogP) is 2.53. The van der Waals surface area contributed by atoms with Crippen molar-refractivity contribution in [3.05, 3.63) is 18.1 Å². The van der Waals surface area contributed by atoms with Gasteiger partial charge < -0.3 is 5.32 Å². The zero-order chi connectivity index (χ0) is 13.0. The molecule has 0 saturated carbocycles. The largest absolute Gasteiger partial charge is 0.372 e. The first kappa shape index (κ1) is 13.3. The molecule has 1 saturated heterocycles. The van der Waals surface area contributed by atoms with Gasteiger partial charge in [0.05, 0.1) is 18.1 Å². The number of hydrogen-bond acceptors (Lipinski definition) is 4. The Morgan fingerprint density at radius 2 is 2.06 bits per heavy atom. The Balaban J connectivity index is 1.92. The summed E-state index contributed by atoms with van der Waals surface area (Å²) in [6.07, 6.45) is 7.57. The van der Waals surface area contributed by atoms with Crippen molar-refractivity contribution in [2.24, 2.45) is 5.41 Å². The number of aromatic nitrogens is 2. The van der Waals surface area contributed by atoms with Gasteiger partial charge in [0, 0.05) is 13.6 Å². The predicted molar refractivity (Wildman–Crippen MR) is 74.5 cm³/mol. The first-order chi connectivity index (χ1) is 8.59. The highest BCUT2D eigenvalue weighted by atomic mass is 15.1. The van der Waals surface area contributed by atoms with E-state index >= 15 is 0 Å². The minimum absolute atomic E-state index is 0.496. The minimum Gasteiger partial charge on any atom is -0.372 e. The quantitative estimate of drug-likeness (QED) is 0.892. The fourth-order valence-electron chi connectivity index (χ4n) is 2.43. The molecule has 0 spiro atoms. The van der Waals surface area contributed by atoms with Crippen LogP contribution in [0.15, 0.2) is 12.4 Å². The number of hydrogen-bond donors (Lipinski definition) is 1. The third-order valence-corrected chi connectivity index (χ3v) is 3.78. The van der Waals surface area contributed by atoms with E-state index in [1.807, 2.05) is 13.2 Å². The topological polar surface area (TPSA) is 41.1 Å². The van der Waals surface area contributed by atoms with Gasteiger partial charge in [-0.1, -0.05) is 13.8 Å². The van der Waals surface area contributed by atoms with Gasteiger partial charge in [-0.3, -0.25) is 9.88 Å². The number of likely N-dealkylation sites (tertiary alicyclic amines) is 1. The van der Waals surface area contributed by atoms with Crippen molar-refractivity contribution < 1.29 is 0 Å². The smallest absolute Gasteiger partial charge is 0.144 e. The van der Waals surface area contributed by atoms with Crippen molar-refractivity contribution in [3.8, 4) is 0 Å². The molecule has 4 nitrogen and oxygen atoms in total. The first-order valence-electron chi connectivity index (χ1n) is 6.80. The summed E-state index contributed by atoms with van der Waals surface area (Å²) in [5.41, 5.74) is 1.56. The molecule has 0 bridgehead atoms. The number of nitrogens with one attached hydrogen (secondary N) is 1. The summed E-state index contributed by atoms with van der Waals surface area (Å²) in [4.78, 5) is 11.3. The van der Waals surface area contributed by atoms with Crippen LogP contribution in [-0.2, 0) is 6.54 Å². The highest BCUT2D eigenvalue weighted by molar-refractivity contribution is 5.29. The average molecular weight is 248 g/mol. The van der Waals surface area contributed by atoms with E-state index in [0.29, 0.717) is 5.41 Å². The second kappa shape index (κ2) is 5.65. The molecule has 100 valence electrons. The van der Waals surface area contributed by atoms with E-state index in [1.54, 1.807) is 6.20 Å². The lowest BCUT2D eigenvalue weighted by Gasteiger charge is -2.23. The highest BCUT2D eigenvalue weighted by Crippen LogP contribution is 2.30. The summed E-state index contributed by atoms with van der Waals surface area (Å²) < 4.78 is 0. The van der Waals surface area contributed by atoms with E-state index in [1.165, 1.54) is 32.4 Å². The molecule has 2 heterocycles. The Hall–Kier alpha value is -1.16. The van der Waals surface area contributed by atoms with E-state index < -0.39 is 0 Å². The molecule has 4 heteroatoms. The van der Waals surface area contributed by atoms with Crippen molar-refractivity contribution in [1.82, 2.24) is 14.9 Å². The Labute approximate surface area is 110 Å². The minimum atomic E-state index is 0.496. The van der Waals surface area contributed by atoms with E-state index in [4.69, 9.17) is 0 Å². The van der Waals surface area contributed by atoms with Crippen molar-refractivity contribution in [2.75, 3.05) is 25.5 Å². The zero-order valence-corrected chi connectivity index (χ0v) is 11.7. The van der Waals surface area contributed by atoms with Gasteiger partial charge >= 0.3 is 0 Å². The lowest BCUT2D eigenvalue weighted by atomic mass is 9.85. The van der Waals surface area contributed by atoms with Crippen LogP contribution in [0.3, 0.4) is 0 Å². The van der Waals surface area contributed by atoms with Crippen LogP contribution in [0.1, 0.15) is 38.8 Å². The van der Waals surface area contributed by atoms with Crippen molar-refractivity contribution in [2.45, 2.75) is 39.7 Å². The number of nitrogens with zero attached hydrogens (tertiary/aromatic N) is 3. The van der Waals surface area contributed by atoms with Crippen LogP contribution in [-0.4, -0.2) is 35.0 Å². The fourth-order valence-corrected chi connectivity index (χ4v) is 2.43. The third-order valence-electron chi connectivity index (χ3n) is 3.78. The molecule has 1 aliphatic heterocycles. The Morgan fingerprint density at radius 1 is 1.22 bits per heavy atom. The molecule has 1 N–H and O–H groups in total. The lowest BCUT2D eigenvalue weighted by Crippen LogP contribution is -2.25. The Bertz CT molecular complexity index is 372. The summed E-state index contributed by atoms with van der Waals surface area (Å²) in [7, 11) is 1.86. The van der Waals surface area contributed by atoms with Crippen LogP contribution in [0, 0.1) is 5.41 Å². The molecule has 1 aromatic heterocycles. The van der Waals surface area contributed by atoms with Gasteiger partial charge in [-0.15, -0.1) is 0 Å². The van der Waals surface area contributed by atoms with Crippen LogP contribution in [0.2, 0.25) is 0 Å². The highest BCUT2D eigenvalue weighted by Gasteiger charge is 2.23. The van der Waals surface area contributed by atoms with Crippen molar-refractivity contribution in [3.63, 3.8) is 0 Å². The summed E-state index contributed by atoms with van der Waals surface area (Å²) in [5, 5.41) is 2.99. The van der Waals surface area contributed by atoms with Gasteiger partial charge in [0.2, 0.25) is 0 Å². The van der Waals surface area contributed by atoms with E-state index in [-0.39, 0.29) is 0 Å². The summed E-state index contributed by atoms with van der Waals surface area (Å²) >= 11 is 0. The summed E-state index contributed by atoms with van der Waals surface area (Å²) in [6.45, 7) is 8.02. The van der Waals surface area contributed by atoms with Crippen LogP contribution in [0.4, 0.5) is 5.82 Å². The van der Waals surface area contributed by atoms with Crippen LogP contribution < -0.4 is 5.32 Å². The Kier molecular flexibility index (Phi) is 4.17. The molecule has 0 atom stereocenters. The molecule has 1 aromatic rings. The molecule has 1 fully saturated rings. The van der Waals surface area contributed by atoms with E-state index in [9.17, 15) is 0 Å². The molecule has 0 radical (unpaired) electrons. The van der Waals surface area contributed by atoms with Crippen LogP contribution in [0.25, 0.3) is 0 Å². The maximum atomic E-state index is 4.44. The fraction of sp³-hybridized carbons (Fsp3) is 0.714. The SMILES string of the molecule is CNc1cnc(CN2CCCC(C)(C)CC2)cn1. The van der Waals surface area contributed by atoms with E-state index in [0.717, 1.165) is 18.1 Å². The molecule has 0 aromatic carbocycles. The van der Waals surface area contributed by atoms with Gasteiger partial charge in [0.15, 0.2) is 0 Å². The first-order valence-corrected chi connectivity index (χ1v) is 6.80. The second-order valence-corrected chi connectivity index (χ2v) is 5.94. The molecule has 2 rings (SSSR count). The zero-order valence-electron chi connectivity index (χ0n) is 11.7. The Morgan fingerprint density at radius 3 is 2.72 bits per heavy atom. The normalized spacial score (nSPS) is 20.4. The maximum absolute atomic E-state index is 4.44. The molecule has 1 aliphatic rings.